The lowest BCUT2D eigenvalue weighted by molar-refractivity contribution is -0.170. The molecule has 10 nitrogen and oxygen atoms in total. The second-order valence-corrected chi connectivity index (χ2v) is 9.81. The number of nitrogens with zero attached hydrogens (tertiary/aromatic N) is 2. The van der Waals surface area contributed by atoms with Crippen molar-refractivity contribution in [1.82, 2.24) is 9.88 Å². The van der Waals surface area contributed by atoms with Crippen molar-refractivity contribution >= 4 is 51.7 Å². The average molecular weight is 553 g/mol. The number of thiophene rings is 1. The zero-order valence-corrected chi connectivity index (χ0v) is 21.7. The minimum atomic E-state index is -2.74. The maximum Gasteiger partial charge on any atom is 0.336 e. The maximum absolute atomic E-state index is 10.3. The Morgan fingerprint density at radius 3 is 2.24 bits per heavy atom. The normalized spacial score (nSPS) is 11.3. The molecule has 0 saturated carbocycles. The number of halogens is 1. The molecular formula is C25H29ClN2O8S. The summed E-state index contributed by atoms with van der Waals surface area (Å²) in [5.74, 6) is -5.02. The highest BCUT2D eigenvalue weighted by Gasteiger charge is 2.40. The number of carboxylic acid groups (broad SMARTS) is 3. The quantitative estimate of drug-likeness (QED) is 0.224. The molecule has 0 aliphatic rings. The second kappa shape index (κ2) is 14.0. The van der Waals surface area contributed by atoms with Crippen LogP contribution in [0.5, 0.6) is 0 Å². The van der Waals surface area contributed by atoms with Gasteiger partial charge in [-0.25, -0.2) is 9.78 Å². The van der Waals surface area contributed by atoms with E-state index >= 15 is 0 Å². The molecule has 0 aliphatic carbocycles. The van der Waals surface area contributed by atoms with E-state index in [1.54, 1.807) is 11.3 Å². The predicted octanol–water partition coefficient (Wildman–Crippen LogP) is 3.39. The molecule has 2 heterocycles. The van der Waals surface area contributed by atoms with Crippen LogP contribution in [0.2, 0.25) is 5.02 Å². The van der Waals surface area contributed by atoms with Gasteiger partial charge in [0.2, 0.25) is 0 Å². The van der Waals surface area contributed by atoms with Gasteiger partial charge in [0.05, 0.1) is 29.1 Å². The molecule has 0 atom stereocenters. The first-order valence-electron chi connectivity index (χ1n) is 11.2. The molecule has 0 unspecified atom stereocenters. The topological polar surface area (TPSA) is 168 Å². The Morgan fingerprint density at radius 1 is 1.03 bits per heavy atom. The van der Waals surface area contributed by atoms with E-state index in [4.69, 9.17) is 37.0 Å². The zero-order chi connectivity index (χ0) is 27.6. The van der Waals surface area contributed by atoms with E-state index in [-0.39, 0.29) is 6.61 Å². The van der Waals surface area contributed by atoms with Gasteiger partial charge in [-0.15, -0.1) is 11.3 Å². The molecule has 0 aliphatic heterocycles. The Morgan fingerprint density at radius 2 is 1.70 bits per heavy atom. The first kappa shape index (κ1) is 30.1. The van der Waals surface area contributed by atoms with Crippen molar-refractivity contribution in [3.8, 4) is 0 Å². The molecule has 0 saturated heterocycles. The number of rotatable bonds is 12. The number of fused-ring (bicyclic) bond motifs is 1. The number of aryl methyl sites for hydroxylation is 1. The van der Waals surface area contributed by atoms with E-state index in [1.807, 2.05) is 18.2 Å². The Balaban J connectivity index is 0.000000317. The van der Waals surface area contributed by atoms with Gasteiger partial charge in [0.25, 0.3) is 0 Å². The molecule has 2 aromatic heterocycles. The van der Waals surface area contributed by atoms with Gasteiger partial charge in [-0.3, -0.25) is 14.5 Å². The minimum absolute atomic E-state index is 0.205. The lowest BCUT2D eigenvalue weighted by atomic mass is 9.96. The molecule has 5 N–H and O–H groups in total. The van der Waals surface area contributed by atoms with Crippen molar-refractivity contribution in [3.05, 3.63) is 62.9 Å². The van der Waals surface area contributed by atoms with E-state index < -0.39 is 36.4 Å². The van der Waals surface area contributed by atoms with Crippen molar-refractivity contribution < 1.29 is 39.9 Å². The number of aliphatic carboxylic acids is 3. The molecule has 3 rings (SSSR count). The molecule has 200 valence electrons. The van der Waals surface area contributed by atoms with E-state index in [0.717, 1.165) is 42.7 Å². The lowest BCUT2D eigenvalue weighted by Gasteiger charge is -2.21. The van der Waals surface area contributed by atoms with Crippen LogP contribution in [0, 0.1) is 6.92 Å². The Labute approximate surface area is 222 Å². The number of hydrogen-bond donors (Lipinski definition) is 5. The molecule has 1 aromatic carbocycles. The van der Waals surface area contributed by atoms with Gasteiger partial charge in [0.1, 0.15) is 0 Å². The predicted molar refractivity (Wildman–Crippen MR) is 139 cm³/mol. The van der Waals surface area contributed by atoms with E-state index in [0.29, 0.717) is 5.02 Å². The summed E-state index contributed by atoms with van der Waals surface area (Å²) >= 11 is 8.06. The molecular weight excluding hydrogens is 524 g/mol. The van der Waals surface area contributed by atoms with Crippen LogP contribution in [0.1, 0.15) is 35.4 Å². The van der Waals surface area contributed by atoms with Crippen LogP contribution < -0.4 is 0 Å². The van der Waals surface area contributed by atoms with Crippen molar-refractivity contribution in [2.24, 2.45) is 0 Å². The van der Waals surface area contributed by atoms with Crippen LogP contribution in [0.25, 0.3) is 10.9 Å². The maximum atomic E-state index is 10.3. The third-order valence-electron chi connectivity index (χ3n) is 5.37. The van der Waals surface area contributed by atoms with Crippen molar-refractivity contribution in [3.63, 3.8) is 0 Å². The van der Waals surface area contributed by atoms with Crippen molar-refractivity contribution in [2.75, 3.05) is 13.2 Å². The van der Waals surface area contributed by atoms with Gasteiger partial charge in [0, 0.05) is 36.5 Å². The largest absolute Gasteiger partial charge is 0.481 e. The summed E-state index contributed by atoms with van der Waals surface area (Å²) in [6, 6.07) is 12.1. The monoisotopic (exact) mass is 552 g/mol. The number of hydrogen-bond acceptors (Lipinski definition) is 8. The molecule has 0 bridgehead atoms. The van der Waals surface area contributed by atoms with Gasteiger partial charge < -0.3 is 25.5 Å². The first-order chi connectivity index (χ1) is 17.4. The first-order valence-corrected chi connectivity index (χ1v) is 12.5. The van der Waals surface area contributed by atoms with Crippen LogP contribution in [0.15, 0.2) is 41.8 Å². The average Bonchev–Trinajstić information content (AvgIpc) is 3.21. The van der Waals surface area contributed by atoms with Gasteiger partial charge >= 0.3 is 17.9 Å². The number of aliphatic hydroxyl groups is 2. The summed E-state index contributed by atoms with van der Waals surface area (Å²) < 4.78 is 0. The second-order valence-electron chi connectivity index (χ2n) is 8.41. The summed E-state index contributed by atoms with van der Waals surface area (Å²) in [7, 11) is 0. The number of carboxylic acids is 3. The fourth-order valence-electron chi connectivity index (χ4n) is 3.46. The number of aromatic nitrogens is 1. The third-order valence-corrected chi connectivity index (χ3v) is 6.68. The molecule has 37 heavy (non-hydrogen) atoms. The van der Waals surface area contributed by atoms with E-state index in [2.05, 4.69) is 35.4 Å². The fourth-order valence-corrected chi connectivity index (χ4v) is 4.63. The summed E-state index contributed by atoms with van der Waals surface area (Å²) in [4.78, 5) is 38.9. The van der Waals surface area contributed by atoms with Crippen molar-refractivity contribution in [1.29, 1.82) is 0 Å². The molecule has 12 heteroatoms. The standard InChI is InChI=1S/C19H21ClN2OS.C6H8O7/c1-14-8-11-24-18(14)13-22(9-3-10-23)12-16-7-6-15-4-2-5-17(20)19(15)21-16;7-3(8)1-6(13,5(11)12)2-4(9)10/h2,4-8,11,23H,3,9-10,12-13H2,1H3;13H,1-2H2,(H,7,8)(H,9,10)(H,11,12). The van der Waals surface area contributed by atoms with Crippen LogP contribution >= 0.6 is 22.9 Å². The zero-order valence-electron chi connectivity index (χ0n) is 20.1. The number of aliphatic hydroxyl groups excluding tert-OH is 1. The summed E-state index contributed by atoms with van der Waals surface area (Å²) in [6.07, 6.45) is -1.53. The number of para-hydroxylation sites is 1. The molecule has 0 fully saturated rings. The minimum Gasteiger partial charge on any atom is -0.481 e. The van der Waals surface area contributed by atoms with Gasteiger partial charge in [-0.1, -0.05) is 29.8 Å². The Hall–Kier alpha value is -3.09. The summed E-state index contributed by atoms with van der Waals surface area (Å²) in [5, 5.41) is 46.9. The van der Waals surface area contributed by atoms with Crippen molar-refractivity contribution in [2.45, 2.75) is 44.9 Å². The highest BCUT2D eigenvalue weighted by atomic mass is 35.5. The van der Waals surface area contributed by atoms with Crippen LogP contribution in [-0.4, -0.2) is 72.1 Å². The Bertz CT molecular complexity index is 1220. The molecule has 0 radical (unpaired) electrons. The van der Waals surface area contributed by atoms with E-state index in [1.165, 1.54) is 10.4 Å². The van der Waals surface area contributed by atoms with Gasteiger partial charge in [-0.05, 0) is 42.5 Å². The van der Waals surface area contributed by atoms with Gasteiger partial charge in [-0.2, -0.15) is 0 Å². The number of carbonyl (C=O) groups is 3. The fraction of sp³-hybridized carbons (Fsp3) is 0.360. The molecule has 3 aromatic rings. The summed E-state index contributed by atoms with van der Waals surface area (Å²) in [6.45, 7) is 4.82. The van der Waals surface area contributed by atoms with Crippen LogP contribution in [-0.2, 0) is 27.5 Å². The van der Waals surface area contributed by atoms with Crippen LogP contribution in [0.4, 0.5) is 0 Å². The Kier molecular flexibility index (Phi) is 11.4. The highest BCUT2D eigenvalue weighted by Crippen LogP contribution is 2.23. The highest BCUT2D eigenvalue weighted by molar-refractivity contribution is 7.10. The number of benzene rings is 1. The molecule has 0 spiro atoms. The summed E-state index contributed by atoms with van der Waals surface area (Å²) in [5.41, 5.74) is 0.440. The SMILES string of the molecule is Cc1ccsc1CN(CCCO)Cc1ccc2cccc(Cl)c2n1.O=C(O)CC(O)(CC(=O)O)C(=O)O. The third kappa shape index (κ3) is 9.38. The smallest absolute Gasteiger partial charge is 0.336 e. The van der Waals surface area contributed by atoms with E-state index in [9.17, 15) is 19.5 Å². The lowest BCUT2D eigenvalue weighted by Crippen LogP contribution is -2.42. The van der Waals surface area contributed by atoms with Crippen LogP contribution in [0.3, 0.4) is 0 Å². The number of pyridine rings is 1. The molecule has 0 amide bonds. The van der Waals surface area contributed by atoms with Gasteiger partial charge in [0.15, 0.2) is 5.60 Å².